The van der Waals surface area contributed by atoms with E-state index in [4.69, 9.17) is 0 Å². The number of aromatic nitrogens is 2. The number of nitrogens with one attached hydrogen (secondary N) is 1. The molecule has 2 aromatic rings. The van der Waals surface area contributed by atoms with Gasteiger partial charge in [-0.1, -0.05) is 19.9 Å². The normalized spacial score (nSPS) is 12.4. The summed E-state index contributed by atoms with van der Waals surface area (Å²) in [5, 5.41) is 16.7. The van der Waals surface area contributed by atoms with Gasteiger partial charge in [-0.05, 0) is 36.6 Å². The second-order valence-corrected chi connectivity index (χ2v) is 5.36. The van der Waals surface area contributed by atoms with Crippen molar-refractivity contribution in [3.63, 3.8) is 0 Å². The van der Waals surface area contributed by atoms with E-state index in [1.54, 1.807) is 23.0 Å². The smallest absolute Gasteiger partial charge is 0.251 e. The molecule has 0 fully saturated rings. The fourth-order valence-corrected chi connectivity index (χ4v) is 1.98. The number of carbonyl (C=O) groups is 1. The SMILES string of the molecule is CC(C)C(O)CCNC(=O)c1cccc(-n2cccn2)c1. The van der Waals surface area contributed by atoms with Crippen LogP contribution in [0.2, 0.25) is 0 Å². The molecule has 1 heterocycles. The predicted octanol–water partition coefficient (Wildman–Crippen LogP) is 2.01. The number of hydrogen-bond acceptors (Lipinski definition) is 3. The molecule has 0 saturated heterocycles. The van der Waals surface area contributed by atoms with Gasteiger partial charge in [0.1, 0.15) is 0 Å². The highest BCUT2D eigenvalue weighted by Gasteiger charge is 2.11. The summed E-state index contributed by atoms with van der Waals surface area (Å²) in [4.78, 5) is 12.1. The molecular weight excluding hydrogens is 266 g/mol. The van der Waals surface area contributed by atoms with Gasteiger partial charge >= 0.3 is 0 Å². The maximum Gasteiger partial charge on any atom is 0.251 e. The molecule has 2 rings (SSSR count). The number of nitrogens with zero attached hydrogens (tertiary/aromatic N) is 2. The van der Waals surface area contributed by atoms with E-state index in [9.17, 15) is 9.90 Å². The van der Waals surface area contributed by atoms with Crippen molar-refractivity contribution in [3.8, 4) is 5.69 Å². The second-order valence-electron chi connectivity index (χ2n) is 5.36. The van der Waals surface area contributed by atoms with Gasteiger partial charge in [0.25, 0.3) is 5.91 Å². The molecule has 0 radical (unpaired) electrons. The van der Waals surface area contributed by atoms with Gasteiger partial charge in [-0.25, -0.2) is 4.68 Å². The largest absolute Gasteiger partial charge is 0.393 e. The summed E-state index contributed by atoms with van der Waals surface area (Å²) in [6.07, 6.45) is 3.69. The summed E-state index contributed by atoms with van der Waals surface area (Å²) in [5.41, 5.74) is 1.43. The van der Waals surface area contributed by atoms with Crippen LogP contribution in [-0.2, 0) is 0 Å². The van der Waals surface area contributed by atoms with Crippen molar-refractivity contribution >= 4 is 5.91 Å². The Morgan fingerprint density at radius 1 is 1.38 bits per heavy atom. The van der Waals surface area contributed by atoms with Crippen LogP contribution in [0.5, 0.6) is 0 Å². The van der Waals surface area contributed by atoms with Crippen LogP contribution in [0, 0.1) is 5.92 Å². The quantitative estimate of drug-likeness (QED) is 0.854. The van der Waals surface area contributed by atoms with Crippen LogP contribution in [0.15, 0.2) is 42.7 Å². The molecule has 112 valence electrons. The maximum absolute atomic E-state index is 12.1. The van der Waals surface area contributed by atoms with Gasteiger partial charge in [-0.3, -0.25) is 4.79 Å². The molecule has 5 heteroatoms. The van der Waals surface area contributed by atoms with Gasteiger partial charge in [0.15, 0.2) is 0 Å². The lowest BCUT2D eigenvalue weighted by molar-refractivity contribution is 0.0920. The highest BCUT2D eigenvalue weighted by molar-refractivity contribution is 5.94. The standard InChI is InChI=1S/C16H21N3O2/c1-12(2)15(20)7-9-17-16(21)13-5-3-6-14(11-13)19-10-4-8-18-19/h3-6,8,10-12,15,20H,7,9H2,1-2H3,(H,17,21). The summed E-state index contributed by atoms with van der Waals surface area (Å²) >= 11 is 0. The Bertz CT molecular complexity index is 579. The summed E-state index contributed by atoms with van der Waals surface area (Å²) in [7, 11) is 0. The van der Waals surface area contributed by atoms with E-state index in [0.717, 1.165) is 5.69 Å². The minimum absolute atomic E-state index is 0.139. The van der Waals surface area contributed by atoms with Gasteiger partial charge in [0, 0.05) is 24.5 Å². The van der Waals surface area contributed by atoms with Crippen molar-refractivity contribution in [3.05, 3.63) is 48.3 Å². The van der Waals surface area contributed by atoms with E-state index in [0.29, 0.717) is 18.5 Å². The van der Waals surface area contributed by atoms with Crippen LogP contribution >= 0.6 is 0 Å². The van der Waals surface area contributed by atoms with Crippen molar-refractivity contribution in [2.24, 2.45) is 5.92 Å². The Morgan fingerprint density at radius 2 is 2.19 bits per heavy atom. The lowest BCUT2D eigenvalue weighted by Crippen LogP contribution is -2.28. The van der Waals surface area contributed by atoms with Crippen LogP contribution in [0.1, 0.15) is 30.6 Å². The molecular formula is C16H21N3O2. The van der Waals surface area contributed by atoms with Crippen molar-refractivity contribution in [2.75, 3.05) is 6.54 Å². The first-order valence-electron chi connectivity index (χ1n) is 7.14. The van der Waals surface area contributed by atoms with Crippen molar-refractivity contribution in [1.29, 1.82) is 0 Å². The molecule has 0 aliphatic carbocycles. The molecule has 0 spiro atoms. The van der Waals surface area contributed by atoms with Gasteiger partial charge in [-0.2, -0.15) is 5.10 Å². The van der Waals surface area contributed by atoms with Crippen LogP contribution in [0.25, 0.3) is 5.69 Å². The summed E-state index contributed by atoms with van der Waals surface area (Å²) in [6, 6.07) is 9.11. The van der Waals surface area contributed by atoms with Gasteiger partial charge in [0.05, 0.1) is 11.8 Å². The molecule has 2 N–H and O–H groups in total. The number of aliphatic hydroxyl groups excluding tert-OH is 1. The molecule has 1 amide bonds. The molecule has 0 aliphatic heterocycles. The lowest BCUT2D eigenvalue weighted by Gasteiger charge is -2.14. The Kier molecular flexibility index (Phi) is 5.11. The first-order chi connectivity index (χ1) is 10.1. The van der Waals surface area contributed by atoms with Crippen molar-refractivity contribution < 1.29 is 9.90 Å². The number of hydrogen-bond donors (Lipinski definition) is 2. The van der Waals surface area contributed by atoms with Crippen LogP contribution in [0.4, 0.5) is 0 Å². The molecule has 1 aromatic carbocycles. The van der Waals surface area contributed by atoms with Gasteiger partial charge in [-0.15, -0.1) is 0 Å². The molecule has 21 heavy (non-hydrogen) atoms. The van der Waals surface area contributed by atoms with Crippen LogP contribution < -0.4 is 5.32 Å². The summed E-state index contributed by atoms with van der Waals surface area (Å²) in [6.45, 7) is 4.38. The zero-order valence-electron chi connectivity index (χ0n) is 12.4. The fraction of sp³-hybridized carbons (Fsp3) is 0.375. The minimum Gasteiger partial charge on any atom is -0.393 e. The van der Waals surface area contributed by atoms with E-state index in [-0.39, 0.29) is 17.9 Å². The predicted molar refractivity (Wildman–Crippen MR) is 81.4 cm³/mol. The third kappa shape index (κ3) is 4.16. The maximum atomic E-state index is 12.1. The minimum atomic E-state index is -0.388. The average Bonchev–Trinajstić information content (AvgIpc) is 3.01. The van der Waals surface area contributed by atoms with E-state index in [1.165, 1.54) is 0 Å². The average molecular weight is 287 g/mol. The fourth-order valence-electron chi connectivity index (χ4n) is 1.98. The second kappa shape index (κ2) is 7.04. The molecule has 1 aromatic heterocycles. The van der Waals surface area contributed by atoms with Crippen molar-refractivity contribution in [2.45, 2.75) is 26.4 Å². The number of aliphatic hydroxyl groups is 1. The van der Waals surface area contributed by atoms with Crippen LogP contribution in [0.3, 0.4) is 0 Å². The first kappa shape index (κ1) is 15.3. The van der Waals surface area contributed by atoms with Gasteiger partial charge in [0.2, 0.25) is 0 Å². The number of amides is 1. The van der Waals surface area contributed by atoms with E-state index < -0.39 is 0 Å². The van der Waals surface area contributed by atoms with E-state index in [1.807, 2.05) is 38.2 Å². The number of rotatable bonds is 6. The highest BCUT2D eigenvalue weighted by atomic mass is 16.3. The van der Waals surface area contributed by atoms with Crippen LogP contribution in [-0.4, -0.2) is 33.4 Å². The molecule has 0 saturated carbocycles. The Morgan fingerprint density at radius 3 is 2.86 bits per heavy atom. The van der Waals surface area contributed by atoms with E-state index >= 15 is 0 Å². The van der Waals surface area contributed by atoms with E-state index in [2.05, 4.69) is 10.4 Å². The van der Waals surface area contributed by atoms with Gasteiger partial charge < -0.3 is 10.4 Å². The molecule has 5 nitrogen and oxygen atoms in total. The zero-order valence-corrected chi connectivity index (χ0v) is 12.4. The van der Waals surface area contributed by atoms with Crippen molar-refractivity contribution in [1.82, 2.24) is 15.1 Å². The molecule has 0 aliphatic rings. The zero-order chi connectivity index (χ0) is 15.2. The monoisotopic (exact) mass is 287 g/mol. The lowest BCUT2D eigenvalue weighted by atomic mass is 10.0. The molecule has 0 bridgehead atoms. The third-order valence-corrected chi connectivity index (χ3v) is 3.37. The summed E-state index contributed by atoms with van der Waals surface area (Å²) in [5.74, 6) is 0.0602. The first-order valence-corrected chi connectivity index (χ1v) is 7.14. The molecule has 1 unspecified atom stereocenters. The topological polar surface area (TPSA) is 67.2 Å². The Hall–Kier alpha value is -2.14. The number of carbonyl (C=O) groups excluding carboxylic acids is 1. The summed E-state index contributed by atoms with van der Waals surface area (Å²) < 4.78 is 1.71. The highest BCUT2D eigenvalue weighted by Crippen LogP contribution is 2.10. The third-order valence-electron chi connectivity index (χ3n) is 3.37. The Labute approximate surface area is 124 Å². The number of benzene rings is 1. The Balaban J connectivity index is 1.95. The molecule has 1 atom stereocenters.